The van der Waals surface area contributed by atoms with Gasteiger partial charge in [0, 0.05) is 12.6 Å². The van der Waals surface area contributed by atoms with E-state index in [9.17, 15) is 4.79 Å². The Morgan fingerprint density at radius 1 is 1.33 bits per heavy atom. The predicted octanol–water partition coefficient (Wildman–Crippen LogP) is 1.48. The van der Waals surface area contributed by atoms with Crippen molar-refractivity contribution in [1.82, 2.24) is 15.5 Å². The van der Waals surface area contributed by atoms with E-state index in [1.54, 1.807) is 0 Å². The first-order valence-corrected chi connectivity index (χ1v) is 7.24. The molecule has 0 saturated heterocycles. The van der Waals surface area contributed by atoms with Gasteiger partial charge in [-0.2, -0.15) is 0 Å². The van der Waals surface area contributed by atoms with Gasteiger partial charge in [-0.15, -0.1) is 0 Å². The molecule has 1 aliphatic heterocycles. The van der Waals surface area contributed by atoms with E-state index in [0.717, 1.165) is 29.9 Å². The van der Waals surface area contributed by atoms with Gasteiger partial charge in [-0.25, -0.2) is 4.79 Å². The average Bonchev–Trinajstić information content (AvgIpc) is 3.13. The van der Waals surface area contributed by atoms with Crippen LogP contribution < -0.4 is 20.1 Å². The minimum absolute atomic E-state index is 0.0875. The maximum Gasteiger partial charge on any atom is 0.315 e. The summed E-state index contributed by atoms with van der Waals surface area (Å²) in [7, 11) is 3.99. The molecule has 1 aliphatic carbocycles. The summed E-state index contributed by atoms with van der Waals surface area (Å²) in [6, 6.07) is 6.27. The Morgan fingerprint density at radius 2 is 2.10 bits per heavy atom. The van der Waals surface area contributed by atoms with E-state index in [1.165, 1.54) is 0 Å². The Labute approximate surface area is 124 Å². The van der Waals surface area contributed by atoms with Crippen LogP contribution in [-0.4, -0.2) is 44.4 Å². The van der Waals surface area contributed by atoms with E-state index in [-0.39, 0.29) is 18.9 Å². The number of rotatable bonds is 5. The highest BCUT2D eigenvalue weighted by molar-refractivity contribution is 5.74. The quantitative estimate of drug-likeness (QED) is 0.862. The smallest absolute Gasteiger partial charge is 0.315 e. The topological polar surface area (TPSA) is 62.8 Å². The van der Waals surface area contributed by atoms with Crippen molar-refractivity contribution in [3.63, 3.8) is 0 Å². The molecule has 1 unspecified atom stereocenters. The predicted molar refractivity (Wildman–Crippen MR) is 78.5 cm³/mol. The molecule has 0 aromatic heterocycles. The van der Waals surface area contributed by atoms with Gasteiger partial charge in [-0.1, -0.05) is 6.07 Å². The Balaban J connectivity index is 1.64. The maximum absolute atomic E-state index is 11.8. The van der Waals surface area contributed by atoms with Gasteiger partial charge in [0.1, 0.15) is 0 Å². The number of ether oxygens (including phenoxy) is 2. The molecule has 114 valence electrons. The zero-order valence-corrected chi connectivity index (χ0v) is 12.4. The molecule has 1 fully saturated rings. The number of fused-ring (bicyclic) bond motifs is 1. The third-order valence-electron chi connectivity index (χ3n) is 3.77. The van der Waals surface area contributed by atoms with Crippen molar-refractivity contribution in [2.24, 2.45) is 0 Å². The van der Waals surface area contributed by atoms with E-state index in [4.69, 9.17) is 9.47 Å². The lowest BCUT2D eigenvalue weighted by Crippen LogP contribution is -2.41. The maximum atomic E-state index is 11.8. The van der Waals surface area contributed by atoms with Gasteiger partial charge < -0.3 is 25.0 Å². The monoisotopic (exact) mass is 291 g/mol. The largest absolute Gasteiger partial charge is 0.454 e. The van der Waals surface area contributed by atoms with Crippen molar-refractivity contribution in [2.75, 3.05) is 27.4 Å². The molecule has 6 nitrogen and oxygen atoms in total. The Hall–Kier alpha value is -1.95. The average molecular weight is 291 g/mol. The molecule has 1 saturated carbocycles. The van der Waals surface area contributed by atoms with Crippen LogP contribution in [0.5, 0.6) is 11.5 Å². The van der Waals surface area contributed by atoms with Crippen molar-refractivity contribution in [3.05, 3.63) is 23.8 Å². The SMILES string of the molecule is CN(C)C(CNC(=O)NC1CC1)c1ccc2c(c1)OCO2. The minimum Gasteiger partial charge on any atom is -0.454 e. The second-order valence-corrected chi connectivity index (χ2v) is 5.72. The molecule has 21 heavy (non-hydrogen) atoms. The van der Waals surface area contributed by atoms with Gasteiger partial charge in [-0.05, 0) is 44.6 Å². The van der Waals surface area contributed by atoms with Crippen LogP contribution >= 0.6 is 0 Å². The van der Waals surface area contributed by atoms with Gasteiger partial charge >= 0.3 is 6.03 Å². The zero-order chi connectivity index (χ0) is 14.8. The number of carbonyl (C=O) groups excluding carboxylic acids is 1. The van der Waals surface area contributed by atoms with E-state index >= 15 is 0 Å². The number of urea groups is 1. The molecule has 3 rings (SSSR count). The molecule has 1 aromatic carbocycles. The van der Waals surface area contributed by atoms with Crippen LogP contribution in [0.3, 0.4) is 0 Å². The summed E-state index contributed by atoms with van der Waals surface area (Å²) in [5.41, 5.74) is 1.09. The number of benzene rings is 1. The van der Waals surface area contributed by atoms with Crippen molar-refractivity contribution >= 4 is 6.03 Å². The normalized spacial score (nSPS) is 17.7. The lowest BCUT2D eigenvalue weighted by atomic mass is 10.1. The molecule has 6 heteroatoms. The number of hydrogen-bond acceptors (Lipinski definition) is 4. The number of likely N-dealkylation sites (N-methyl/N-ethyl adjacent to an activating group) is 1. The first kappa shape index (κ1) is 14.0. The molecule has 2 N–H and O–H groups in total. The van der Waals surface area contributed by atoms with Gasteiger partial charge in [0.2, 0.25) is 6.79 Å². The van der Waals surface area contributed by atoms with Crippen LogP contribution in [0.4, 0.5) is 4.79 Å². The number of hydrogen-bond donors (Lipinski definition) is 2. The summed E-state index contributed by atoms with van der Waals surface area (Å²) in [6.07, 6.45) is 2.18. The van der Waals surface area contributed by atoms with Gasteiger partial charge in [0.05, 0.1) is 6.04 Å². The Bertz CT molecular complexity index is 529. The van der Waals surface area contributed by atoms with Gasteiger partial charge in [0.15, 0.2) is 11.5 Å². The van der Waals surface area contributed by atoms with Crippen LogP contribution in [0.15, 0.2) is 18.2 Å². The molecular weight excluding hydrogens is 270 g/mol. The van der Waals surface area contributed by atoms with Gasteiger partial charge in [-0.3, -0.25) is 0 Å². The van der Waals surface area contributed by atoms with Crippen LogP contribution in [0.2, 0.25) is 0 Å². The van der Waals surface area contributed by atoms with Crippen LogP contribution in [0.1, 0.15) is 24.4 Å². The highest BCUT2D eigenvalue weighted by atomic mass is 16.7. The molecule has 1 heterocycles. The van der Waals surface area contributed by atoms with Crippen LogP contribution in [-0.2, 0) is 0 Å². The molecule has 1 aromatic rings. The number of carbonyl (C=O) groups is 1. The summed E-state index contributed by atoms with van der Waals surface area (Å²) < 4.78 is 10.7. The summed E-state index contributed by atoms with van der Waals surface area (Å²) in [5, 5.41) is 5.87. The fraction of sp³-hybridized carbons (Fsp3) is 0.533. The van der Waals surface area contributed by atoms with E-state index in [1.807, 2.05) is 32.3 Å². The second-order valence-electron chi connectivity index (χ2n) is 5.72. The van der Waals surface area contributed by atoms with Crippen molar-refractivity contribution < 1.29 is 14.3 Å². The Morgan fingerprint density at radius 3 is 2.81 bits per heavy atom. The van der Waals surface area contributed by atoms with E-state index in [0.29, 0.717) is 12.6 Å². The fourth-order valence-electron chi connectivity index (χ4n) is 2.37. The van der Waals surface area contributed by atoms with Gasteiger partial charge in [0.25, 0.3) is 0 Å². The number of nitrogens with zero attached hydrogens (tertiary/aromatic N) is 1. The van der Waals surface area contributed by atoms with Crippen LogP contribution in [0, 0.1) is 0 Å². The zero-order valence-electron chi connectivity index (χ0n) is 12.4. The molecule has 1 atom stereocenters. The molecule has 2 amide bonds. The Kier molecular flexibility index (Phi) is 3.88. The standard InChI is InChI=1S/C15H21N3O3/c1-18(2)12(8-16-15(19)17-11-4-5-11)10-3-6-13-14(7-10)21-9-20-13/h3,6-7,11-12H,4-5,8-9H2,1-2H3,(H2,16,17,19). The molecular formula is C15H21N3O3. The third kappa shape index (κ3) is 3.39. The van der Waals surface area contributed by atoms with Crippen molar-refractivity contribution in [2.45, 2.75) is 24.9 Å². The lowest BCUT2D eigenvalue weighted by Gasteiger charge is -2.25. The second kappa shape index (κ2) is 5.81. The summed E-state index contributed by atoms with van der Waals surface area (Å²) in [6.45, 7) is 0.818. The first-order valence-electron chi connectivity index (χ1n) is 7.24. The molecule has 2 aliphatic rings. The molecule has 0 radical (unpaired) electrons. The minimum atomic E-state index is -0.0925. The van der Waals surface area contributed by atoms with Crippen molar-refractivity contribution in [1.29, 1.82) is 0 Å². The van der Waals surface area contributed by atoms with Crippen LogP contribution in [0.25, 0.3) is 0 Å². The lowest BCUT2D eigenvalue weighted by molar-refractivity contribution is 0.174. The fourth-order valence-corrected chi connectivity index (χ4v) is 2.37. The summed E-state index contributed by atoms with van der Waals surface area (Å²) >= 11 is 0. The third-order valence-corrected chi connectivity index (χ3v) is 3.77. The van der Waals surface area contributed by atoms with Crippen molar-refractivity contribution in [3.8, 4) is 11.5 Å². The number of amides is 2. The molecule has 0 spiro atoms. The highest BCUT2D eigenvalue weighted by Gasteiger charge is 2.24. The van der Waals surface area contributed by atoms with E-state index in [2.05, 4.69) is 15.5 Å². The first-order chi connectivity index (χ1) is 10.1. The summed E-state index contributed by atoms with van der Waals surface area (Å²) in [4.78, 5) is 13.8. The highest BCUT2D eigenvalue weighted by Crippen LogP contribution is 2.34. The van der Waals surface area contributed by atoms with E-state index < -0.39 is 0 Å². The summed E-state index contributed by atoms with van der Waals surface area (Å²) in [5.74, 6) is 1.54. The molecule has 0 bridgehead atoms. The number of nitrogens with one attached hydrogen (secondary N) is 2.